The van der Waals surface area contributed by atoms with Crippen LogP contribution in [0.1, 0.15) is 46.0 Å². The lowest BCUT2D eigenvalue weighted by Crippen LogP contribution is -2.51. The van der Waals surface area contributed by atoms with Crippen molar-refractivity contribution in [2.24, 2.45) is 5.92 Å². The van der Waals surface area contributed by atoms with Crippen LogP contribution in [0.5, 0.6) is 0 Å². The van der Waals surface area contributed by atoms with Crippen molar-refractivity contribution >= 4 is 5.78 Å². The van der Waals surface area contributed by atoms with Gasteiger partial charge in [-0.25, -0.2) is 0 Å². The molecule has 0 aromatic heterocycles. The van der Waals surface area contributed by atoms with Crippen LogP contribution in [-0.4, -0.2) is 54.3 Å². The van der Waals surface area contributed by atoms with Crippen molar-refractivity contribution in [2.75, 3.05) is 32.7 Å². The molecule has 1 saturated heterocycles. The quantitative estimate of drug-likeness (QED) is 0.766. The minimum atomic E-state index is 0.342. The summed E-state index contributed by atoms with van der Waals surface area (Å²) >= 11 is 0. The normalized spacial score (nSPS) is 29.4. The summed E-state index contributed by atoms with van der Waals surface area (Å²) in [6.07, 6.45) is 5.57. The van der Waals surface area contributed by atoms with Crippen LogP contribution in [0, 0.1) is 5.92 Å². The summed E-state index contributed by atoms with van der Waals surface area (Å²) in [5.74, 6) is 0.861. The average molecular weight is 252 g/mol. The highest BCUT2D eigenvalue weighted by Crippen LogP contribution is 2.22. The largest absolute Gasteiger partial charge is 0.300 e. The lowest BCUT2D eigenvalue weighted by Gasteiger charge is -2.39. The molecule has 1 heterocycles. The van der Waals surface area contributed by atoms with E-state index in [2.05, 4.69) is 23.6 Å². The number of nitrogens with zero attached hydrogens (tertiary/aromatic N) is 2. The van der Waals surface area contributed by atoms with E-state index in [9.17, 15) is 4.79 Å². The second kappa shape index (κ2) is 6.67. The van der Waals surface area contributed by atoms with Gasteiger partial charge in [-0.15, -0.1) is 0 Å². The zero-order valence-electron chi connectivity index (χ0n) is 12.0. The maximum atomic E-state index is 11.8. The number of rotatable bonds is 4. The highest BCUT2D eigenvalue weighted by Gasteiger charge is 2.27. The van der Waals surface area contributed by atoms with Crippen molar-refractivity contribution in [1.82, 2.24) is 9.80 Å². The molecule has 0 N–H and O–H groups in total. The summed E-state index contributed by atoms with van der Waals surface area (Å²) in [6.45, 7) is 10.2. The Morgan fingerprint density at radius 2 is 1.94 bits per heavy atom. The molecule has 1 aliphatic carbocycles. The van der Waals surface area contributed by atoms with Gasteiger partial charge >= 0.3 is 0 Å². The van der Waals surface area contributed by atoms with E-state index in [1.807, 2.05) is 0 Å². The molecular formula is C15H28N2O. The zero-order valence-corrected chi connectivity index (χ0v) is 12.0. The van der Waals surface area contributed by atoms with Crippen LogP contribution >= 0.6 is 0 Å². The summed E-state index contributed by atoms with van der Waals surface area (Å²) in [7, 11) is 0. The first-order valence-electron chi connectivity index (χ1n) is 7.69. The van der Waals surface area contributed by atoms with Gasteiger partial charge in [0.2, 0.25) is 0 Å². The minimum Gasteiger partial charge on any atom is -0.300 e. The van der Waals surface area contributed by atoms with Crippen LogP contribution in [0.15, 0.2) is 0 Å². The molecule has 0 aromatic carbocycles. The Hall–Kier alpha value is -0.410. The Kier molecular flexibility index (Phi) is 5.19. The molecule has 2 unspecified atom stereocenters. The summed E-state index contributed by atoms with van der Waals surface area (Å²) in [5.41, 5.74) is 0. The number of Topliss-reactive ketones (excluding diaryl/α,β-unsaturated/α-hetero) is 1. The Balaban J connectivity index is 1.74. The van der Waals surface area contributed by atoms with Gasteiger partial charge in [0.15, 0.2) is 0 Å². The lowest BCUT2D eigenvalue weighted by molar-refractivity contribution is -0.125. The van der Waals surface area contributed by atoms with Gasteiger partial charge in [0, 0.05) is 51.1 Å². The predicted octanol–water partition coefficient (Wildman–Crippen LogP) is 2.16. The molecule has 1 aliphatic heterocycles. The first kappa shape index (κ1) is 14.0. The van der Waals surface area contributed by atoms with E-state index >= 15 is 0 Å². The van der Waals surface area contributed by atoms with Crippen LogP contribution in [-0.2, 0) is 4.79 Å². The molecule has 0 radical (unpaired) electrons. The molecule has 3 nitrogen and oxygen atoms in total. The molecule has 104 valence electrons. The Morgan fingerprint density at radius 1 is 1.22 bits per heavy atom. The van der Waals surface area contributed by atoms with Gasteiger partial charge in [0.1, 0.15) is 5.78 Å². The Labute approximate surface area is 112 Å². The highest BCUT2D eigenvalue weighted by molar-refractivity contribution is 5.81. The van der Waals surface area contributed by atoms with Crippen LogP contribution in [0.4, 0.5) is 0 Å². The van der Waals surface area contributed by atoms with Crippen LogP contribution in [0.2, 0.25) is 0 Å². The number of ketones is 1. The van der Waals surface area contributed by atoms with E-state index in [1.54, 1.807) is 0 Å². The third kappa shape index (κ3) is 3.55. The SMILES string of the molecule is CCC(C)N1CCN(CC2CCCCC2=O)CC1. The van der Waals surface area contributed by atoms with E-state index in [0.29, 0.717) is 17.7 Å². The van der Waals surface area contributed by atoms with E-state index in [0.717, 1.165) is 38.9 Å². The van der Waals surface area contributed by atoms with Crippen molar-refractivity contribution in [1.29, 1.82) is 0 Å². The van der Waals surface area contributed by atoms with E-state index < -0.39 is 0 Å². The van der Waals surface area contributed by atoms with Crippen LogP contribution in [0.3, 0.4) is 0 Å². The number of piperazine rings is 1. The minimum absolute atomic E-state index is 0.342. The fraction of sp³-hybridized carbons (Fsp3) is 0.933. The maximum absolute atomic E-state index is 11.8. The van der Waals surface area contributed by atoms with Gasteiger partial charge in [0.05, 0.1) is 0 Å². The smallest absolute Gasteiger partial charge is 0.137 e. The first-order chi connectivity index (χ1) is 8.70. The number of hydrogen-bond acceptors (Lipinski definition) is 3. The molecule has 0 bridgehead atoms. The summed E-state index contributed by atoms with van der Waals surface area (Å²) < 4.78 is 0. The van der Waals surface area contributed by atoms with E-state index in [1.165, 1.54) is 25.9 Å². The van der Waals surface area contributed by atoms with Gasteiger partial charge in [0.25, 0.3) is 0 Å². The van der Waals surface area contributed by atoms with E-state index in [-0.39, 0.29) is 0 Å². The fourth-order valence-corrected chi connectivity index (χ4v) is 3.20. The van der Waals surface area contributed by atoms with E-state index in [4.69, 9.17) is 0 Å². The van der Waals surface area contributed by atoms with Gasteiger partial charge in [-0.3, -0.25) is 9.69 Å². The molecule has 0 aromatic rings. The second-order valence-corrected chi connectivity index (χ2v) is 6.00. The van der Waals surface area contributed by atoms with Crippen molar-refractivity contribution in [3.8, 4) is 0 Å². The van der Waals surface area contributed by atoms with Crippen molar-refractivity contribution < 1.29 is 4.79 Å². The first-order valence-corrected chi connectivity index (χ1v) is 7.69. The van der Waals surface area contributed by atoms with Crippen molar-refractivity contribution in [2.45, 2.75) is 52.0 Å². The lowest BCUT2D eigenvalue weighted by atomic mass is 9.87. The molecule has 2 rings (SSSR count). The van der Waals surface area contributed by atoms with Gasteiger partial charge in [-0.05, 0) is 26.2 Å². The summed E-state index contributed by atoms with van der Waals surface area (Å²) in [5, 5.41) is 0. The second-order valence-electron chi connectivity index (χ2n) is 6.00. The topological polar surface area (TPSA) is 23.6 Å². The Morgan fingerprint density at radius 3 is 2.56 bits per heavy atom. The molecular weight excluding hydrogens is 224 g/mol. The third-order valence-corrected chi connectivity index (χ3v) is 4.78. The van der Waals surface area contributed by atoms with Gasteiger partial charge in [-0.1, -0.05) is 13.3 Å². The third-order valence-electron chi connectivity index (χ3n) is 4.78. The molecule has 2 fully saturated rings. The number of hydrogen-bond donors (Lipinski definition) is 0. The maximum Gasteiger partial charge on any atom is 0.137 e. The number of carbonyl (C=O) groups excluding carboxylic acids is 1. The standard InChI is InChI=1S/C15H28N2O/c1-3-13(2)17-10-8-16(9-11-17)12-14-6-4-5-7-15(14)18/h13-14H,3-12H2,1-2H3. The highest BCUT2D eigenvalue weighted by atomic mass is 16.1. The van der Waals surface area contributed by atoms with Gasteiger partial charge < -0.3 is 4.90 Å². The molecule has 0 amide bonds. The van der Waals surface area contributed by atoms with Crippen LogP contribution in [0.25, 0.3) is 0 Å². The molecule has 18 heavy (non-hydrogen) atoms. The molecule has 0 spiro atoms. The average Bonchev–Trinajstić information content (AvgIpc) is 2.41. The molecule has 2 atom stereocenters. The summed E-state index contributed by atoms with van der Waals surface area (Å²) in [4.78, 5) is 16.9. The zero-order chi connectivity index (χ0) is 13.0. The Bertz CT molecular complexity index is 272. The summed E-state index contributed by atoms with van der Waals surface area (Å²) in [6, 6.07) is 0.712. The predicted molar refractivity (Wildman–Crippen MR) is 74.7 cm³/mol. The number of carbonyl (C=O) groups is 1. The monoisotopic (exact) mass is 252 g/mol. The molecule has 2 aliphatic rings. The van der Waals surface area contributed by atoms with Crippen LogP contribution < -0.4 is 0 Å². The fourth-order valence-electron chi connectivity index (χ4n) is 3.20. The van der Waals surface area contributed by atoms with Crippen molar-refractivity contribution in [3.63, 3.8) is 0 Å². The molecule has 1 saturated carbocycles. The van der Waals surface area contributed by atoms with Gasteiger partial charge in [-0.2, -0.15) is 0 Å². The molecule has 3 heteroatoms. The van der Waals surface area contributed by atoms with Crippen molar-refractivity contribution in [3.05, 3.63) is 0 Å².